The maximum absolute atomic E-state index is 12.8. The molecule has 1 aliphatic rings. The number of thiazole rings is 1. The first kappa shape index (κ1) is 17.8. The Morgan fingerprint density at radius 3 is 3.00 bits per heavy atom. The van der Waals surface area contributed by atoms with Gasteiger partial charge < -0.3 is 5.32 Å². The number of nitrogens with zero attached hydrogens (tertiary/aromatic N) is 3. The van der Waals surface area contributed by atoms with E-state index in [1.165, 1.54) is 0 Å². The highest BCUT2D eigenvalue weighted by Crippen LogP contribution is 2.26. The molecule has 4 rings (SSSR count). The third kappa shape index (κ3) is 3.74. The summed E-state index contributed by atoms with van der Waals surface area (Å²) in [5, 5.41) is 5.89. The Balaban J connectivity index is 1.48. The van der Waals surface area contributed by atoms with Crippen molar-refractivity contribution in [1.29, 1.82) is 0 Å². The van der Waals surface area contributed by atoms with Gasteiger partial charge in [-0.15, -0.1) is 11.3 Å². The molecule has 0 radical (unpaired) electrons. The molecule has 1 saturated heterocycles. The lowest BCUT2D eigenvalue weighted by Gasteiger charge is -2.34. The summed E-state index contributed by atoms with van der Waals surface area (Å²) in [4.78, 5) is 20.7. The number of benzene rings is 1. The number of anilines is 1. The van der Waals surface area contributed by atoms with Gasteiger partial charge in [0, 0.05) is 30.0 Å². The van der Waals surface area contributed by atoms with Gasteiger partial charge in [-0.1, -0.05) is 29.6 Å². The second-order valence-electron chi connectivity index (χ2n) is 6.43. The summed E-state index contributed by atoms with van der Waals surface area (Å²) in [7, 11) is 0. The maximum atomic E-state index is 12.8. The number of piperidine rings is 1. The fourth-order valence-corrected chi connectivity index (χ4v) is 4.35. The van der Waals surface area contributed by atoms with Crippen molar-refractivity contribution in [3.05, 3.63) is 51.7 Å². The van der Waals surface area contributed by atoms with Crippen LogP contribution < -0.4 is 5.32 Å². The fourth-order valence-electron chi connectivity index (χ4n) is 3.34. The minimum atomic E-state index is -0.169. The molecule has 3 heterocycles. The monoisotopic (exact) mass is 408 g/mol. The standard InChI is InChI=1S/C18H18Cl2N4OS/c19-14-5-4-12(9-15(14)20)21-17(25)16-3-1-2-6-23(16)10-13-11-24-7-8-26-18(24)22-13/h4-5,7-9,11,16H,1-3,6,10H2,(H,21,25)/t16-/m1/s1. The smallest absolute Gasteiger partial charge is 0.241 e. The number of hydrogen-bond donors (Lipinski definition) is 1. The molecule has 136 valence electrons. The van der Waals surface area contributed by atoms with Crippen LogP contribution >= 0.6 is 34.5 Å². The summed E-state index contributed by atoms with van der Waals surface area (Å²) in [6.45, 7) is 1.57. The number of imidazole rings is 1. The lowest BCUT2D eigenvalue weighted by Crippen LogP contribution is -2.46. The molecule has 1 N–H and O–H groups in total. The van der Waals surface area contributed by atoms with Crippen molar-refractivity contribution in [3.8, 4) is 0 Å². The number of fused-ring (bicyclic) bond motifs is 1. The molecule has 2 aromatic heterocycles. The number of carbonyl (C=O) groups is 1. The normalized spacial score (nSPS) is 18.3. The Morgan fingerprint density at radius 1 is 1.31 bits per heavy atom. The second-order valence-corrected chi connectivity index (χ2v) is 8.11. The minimum Gasteiger partial charge on any atom is -0.325 e. The molecule has 0 aliphatic carbocycles. The number of hydrogen-bond acceptors (Lipinski definition) is 4. The van der Waals surface area contributed by atoms with Gasteiger partial charge in [0.1, 0.15) is 0 Å². The van der Waals surface area contributed by atoms with Crippen molar-refractivity contribution in [2.45, 2.75) is 31.8 Å². The molecule has 0 unspecified atom stereocenters. The highest BCUT2D eigenvalue weighted by atomic mass is 35.5. The molecule has 3 aromatic rings. The van der Waals surface area contributed by atoms with E-state index in [4.69, 9.17) is 23.2 Å². The van der Waals surface area contributed by atoms with Gasteiger partial charge in [0.15, 0.2) is 4.96 Å². The van der Waals surface area contributed by atoms with E-state index in [2.05, 4.69) is 15.2 Å². The van der Waals surface area contributed by atoms with Crippen LogP contribution in [0.15, 0.2) is 36.0 Å². The van der Waals surface area contributed by atoms with Crippen LogP contribution in [0.2, 0.25) is 10.0 Å². The highest BCUT2D eigenvalue weighted by Gasteiger charge is 2.29. The molecular weight excluding hydrogens is 391 g/mol. The lowest BCUT2D eigenvalue weighted by molar-refractivity contribution is -0.122. The van der Waals surface area contributed by atoms with Gasteiger partial charge in [-0.2, -0.15) is 0 Å². The van der Waals surface area contributed by atoms with Crippen LogP contribution in [0.5, 0.6) is 0 Å². The molecule has 0 saturated carbocycles. The number of carbonyl (C=O) groups excluding carboxylic acids is 1. The average Bonchev–Trinajstić information content (AvgIpc) is 3.20. The average molecular weight is 409 g/mol. The second kappa shape index (κ2) is 7.56. The molecule has 0 bridgehead atoms. The van der Waals surface area contributed by atoms with Crippen LogP contribution in [-0.2, 0) is 11.3 Å². The number of rotatable bonds is 4. The zero-order chi connectivity index (χ0) is 18.1. The van der Waals surface area contributed by atoms with Crippen molar-refractivity contribution in [1.82, 2.24) is 14.3 Å². The summed E-state index contributed by atoms with van der Waals surface area (Å²) in [6.07, 6.45) is 7.03. The molecule has 1 aromatic carbocycles. The Bertz CT molecular complexity index is 910. The van der Waals surface area contributed by atoms with Crippen LogP contribution in [0.3, 0.4) is 0 Å². The summed E-state index contributed by atoms with van der Waals surface area (Å²) in [5.74, 6) is -0.0101. The number of amides is 1. The first-order valence-corrected chi connectivity index (χ1v) is 10.1. The van der Waals surface area contributed by atoms with E-state index in [0.29, 0.717) is 22.3 Å². The lowest BCUT2D eigenvalue weighted by atomic mass is 10.0. The summed E-state index contributed by atoms with van der Waals surface area (Å²) < 4.78 is 2.02. The topological polar surface area (TPSA) is 49.6 Å². The van der Waals surface area contributed by atoms with Gasteiger partial charge in [-0.05, 0) is 37.6 Å². The van der Waals surface area contributed by atoms with Crippen molar-refractivity contribution in [2.75, 3.05) is 11.9 Å². The van der Waals surface area contributed by atoms with Gasteiger partial charge in [-0.25, -0.2) is 4.98 Å². The zero-order valence-corrected chi connectivity index (χ0v) is 16.3. The van der Waals surface area contributed by atoms with Gasteiger partial charge in [0.25, 0.3) is 0 Å². The number of aromatic nitrogens is 2. The van der Waals surface area contributed by atoms with Gasteiger partial charge in [-0.3, -0.25) is 14.1 Å². The fraction of sp³-hybridized carbons (Fsp3) is 0.333. The maximum Gasteiger partial charge on any atom is 0.241 e. The third-order valence-corrected chi connectivity index (χ3v) is 6.12. The molecule has 1 aliphatic heterocycles. The minimum absolute atomic E-state index is 0.0101. The summed E-state index contributed by atoms with van der Waals surface area (Å²) in [6, 6.07) is 4.97. The van der Waals surface area contributed by atoms with Gasteiger partial charge in [0.2, 0.25) is 5.91 Å². The number of halogens is 2. The molecule has 1 atom stereocenters. The van der Waals surface area contributed by atoms with Crippen molar-refractivity contribution in [3.63, 3.8) is 0 Å². The summed E-state index contributed by atoms with van der Waals surface area (Å²) in [5.41, 5.74) is 1.66. The van der Waals surface area contributed by atoms with E-state index < -0.39 is 0 Å². The number of likely N-dealkylation sites (tertiary alicyclic amines) is 1. The Labute approximate surface area is 165 Å². The molecule has 5 nitrogen and oxygen atoms in total. The van der Waals surface area contributed by atoms with Gasteiger partial charge in [0.05, 0.1) is 21.8 Å². The molecule has 0 spiro atoms. The molecular formula is C18H18Cl2N4OS. The third-order valence-electron chi connectivity index (χ3n) is 4.61. The van der Waals surface area contributed by atoms with Crippen LogP contribution in [0.1, 0.15) is 25.0 Å². The summed E-state index contributed by atoms with van der Waals surface area (Å²) >= 11 is 13.6. The van der Waals surface area contributed by atoms with E-state index in [-0.39, 0.29) is 11.9 Å². The van der Waals surface area contributed by atoms with Crippen LogP contribution in [0, 0.1) is 0 Å². The van der Waals surface area contributed by atoms with Crippen LogP contribution in [0.25, 0.3) is 4.96 Å². The van der Waals surface area contributed by atoms with Crippen LogP contribution in [0.4, 0.5) is 5.69 Å². The quantitative estimate of drug-likeness (QED) is 0.680. The molecule has 26 heavy (non-hydrogen) atoms. The van der Waals surface area contributed by atoms with Crippen molar-refractivity contribution < 1.29 is 4.79 Å². The largest absolute Gasteiger partial charge is 0.325 e. The van der Waals surface area contributed by atoms with E-state index in [9.17, 15) is 4.79 Å². The van der Waals surface area contributed by atoms with E-state index in [1.807, 2.05) is 22.2 Å². The highest BCUT2D eigenvalue weighted by molar-refractivity contribution is 7.15. The van der Waals surface area contributed by atoms with E-state index in [0.717, 1.165) is 36.5 Å². The first-order valence-electron chi connectivity index (χ1n) is 8.51. The Morgan fingerprint density at radius 2 is 2.19 bits per heavy atom. The molecule has 1 amide bonds. The first-order chi connectivity index (χ1) is 12.6. The van der Waals surface area contributed by atoms with E-state index in [1.54, 1.807) is 29.5 Å². The number of nitrogens with one attached hydrogen (secondary N) is 1. The van der Waals surface area contributed by atoms with Crippen LogP contribution in [-0.4, -0.2) is 32.8 Å². The molecule has 1 fully saturated rings. The predicted molar refractivity (Wildman–Crippen MR) is 106 cm³/mol. The van der Waals surface area contributed by atoms with Gasteiger partial charge >= 0.3 is 0 Å². The van der Waals surface area contributed by atoms with Crippen molar-refractivity contribution >= 4 is 51.1 Å². The Hall–Kier alpha value is -1.60. The van der Waals surface area contributed by atoms with E-state index >= 15 is 0 Å². The van der Waals surface area contributed by atoms with Crippen molar-refractivity contribution in [2.24, 2.45) is 0 Å². The SMILES string of the molecule is O=C(Nc1ccc(Cl)c(Cl)c1)[C@H]1CCCCN1Cc1cn2ccsc2n1. The zero-order valence-electron chi connectivity index (χ0n) is 14.0. The Kier molecular flexibility index (Phi) is 5.18. The molecule has 8 heteroatoms. The predicted octanol–water partition coefficient (Wildman–Crippen LogP) is 4.70.